The molecule has 122 valence electrons. The number of benzene rings is 1. The van der Waals surface area contributed by atoms with Crippen LogP contribution in [0.25, 0.3) is 0 Å². The summed E-state index contributed by atoms with van der Waals surface area (Å²) >= 11 is 1.49. The third-order valence-corrected chi connectivity index (χ3v) is 6.28. The third kappa shape index (κ3) is 5.00. The Kier molecular flexibility index (Phi) is 5.88. The lowest BCUT2D eigenvalue weighted by molar-refractivity contribution is -0.118. The minimum absolute atomic E-state index is 0.0500. The highest BCUT2D eigenvalue weighted by Gasteiger charge is 2.21. The van der Waals surface area contributed by atoms with E-state index in [9.17, 15) is 13.2 Å². The van der Waals surface area contributed by atoms with Gasteiger partial charge in [-0.25, -0.2) is 12.7 Å². The SMILES string of the molecule is CN(C)S(=O)(=O)c1cccc(CSCC(=O)NCC2CC2)c1. The number of hydrogen-bond donors (Lipinski definition) is 1. The van der Waals surface area contributed by atoms with E-state index in [0.29, 0.717) is 17.4 Å². The first-order valence-electron chi connectivity index (χ1n) is 7.25. The second-order valence-electron chi connectivity index (χ2n) is 5.68. The zero-order chi connectivity index (χ0) is 16.2. The zero-order valence-electron chi connectivity index (χ0n) is 12.9. The fourth-order valence-electron chi connectivity index (χ4n) is 1.90. The number of thioether (sulfide) groups is 1. The van der Waals surface area contributed by atoms with E-state index < -0.39 is 10.0 Å². The van der Waals surface area contributed by atoms with Crippen LogP contribution in [0.3, 0.4) is 0 Å². The van der Waals surface area contributed by atoms with E-state index in [4.69, 9.17) is 0 Å². The second kappa shape index (κ2) is 7.48. The van der Waals surface area contributed by atoms with Gasteiger partial charge in [-0.2, -0.15) is 0 Å². The van der Waals surface area contributed by atoms with Gasteiger partial charge in [0.1, 0.15) is 0 Å². The Bertz CT molecular complexity index is 625. The van der Waals surface area contributed by atoms with Crippen molar-refractivity contribution in [3.8, 4) is 0 Å². The number of nitrogens with zero attached hydrogens (tertiary/aromatic N) is 1. The number of rotatable bonds is 8. The summed E-state index contributed by atoms with van der Waals surface area (Å²) in [6, 6.07) is 6.87. The Hall–Kier alpha value is -1.05. The monoisotopic (exact) mass is 342 g/mol. The molecule has 7 heteroatoms. The average molecular weight is 342 g/mol. The van der Waals surface area contributed by atoms with Crippen LogP contribution in [0, 0.1) is 5.92 Å². The smallest absolute Gasteiger partial charge is 0.242 e. The number of amides is 1. The average Bonchev–Trinajstić information content (AvgIpc) is 3.29. The molecule has 0 unspecified atom stereocenters. The summed E-state index contributed by atoms with van der Waals surface area (Å²) in [5, 5.41) is 2.92. The van der Waals surface area contributed by atoms with Gasteiger partial charge < -0.3 is 5.32 Å². The predicted octanol–water partition coefficient (Wildman–Crippen LogP) is 1.70. The summed E-state index contributed by atoms with van der Waals surface area (Å²) in [6.07, 6.45) is 2.45. The van der Waals surface area contributed by atoms with Gasteiger partial charge in [-0.15, -0.1) is 11.8 Å². The van der Waals surface area contributed by atoms with Gasteiger partial charge in [0.15, 0.2) is 0 Å². The van der Waals surface area contributed by atoms with Crippen LogP contribution in [0.4, 0.5) is 0 Å². The second-order valence-corrected chi connectivity index (χ2v) is 8.81. The van der Waals surface area contributed by atoms with Crippen LogP contribution in [-0.2, 0) is 20.6 Å². The molecule has 0 spiro atoms. The van der Waals surface area contributed by atoms with Crippen LogP contribution < -0.4 is 5.32 Å². The van der Waals surface area contributed by atoms with Gasteiger partial charge in [0, 0.05) is 26.4 Å². The number of nitrogens with one attached hydrogen (secondary N) is 1. The van der Waals surface area contributed by atoms with Gasteiger partial charge in [-0.1, -0.05) is 12.1 Å². The molecule has 1 N–H and O–H groups in total. The molecule has 1 aromatic carbocycles. The summed E-state index contributed by atoms with van der Waals surface area (Å²) in [5.41, 5.74) is 0.905. The first kappa shape index (κ1) is 17.3. The van der Waals surface area contributed by atoms with Crippen molar-refractivity contribution in [2.45, 2.75) is 23.5 Å². The van der Waals surface area contributed by atoms with Crippen molar-refractivity contribution in [2.24, 2.45) is 5.92 Å². The highest BCUT2D eigenvalue weighted by molar-refractivity contribution is 7.99. The highest BCUT2D eigenvalue weighted by Crippen LogP contribution is 2.27. The molecule has 0 heterocycles. The molecular weight excluding hydrogens is 320 g/mol. The topological polar surface area (TPSA) is 66.5 Å². The molecule has 1 aromatic rings. The van der Waals surface area contributed by atoms with Gasteiger partial charge in [-0.3, -0.25) is 4.79 Å². The molecule has 0 saturated heterocycles. The Morgan fingerprint density at radius 2 is 2.09 bits per heavy atom. The van der Waals surface area contributed by atoms with Crippen LogP contribution in [-0.4, -0.2) is 45.0 Å². The van der Waals surface area contributed by atoms with E-state index in [1.807, 2.05) is 6.07 Å². The highest BCUT2D eigenvalue weighted by atomic mass is 32.2. The normalized spacial score (nSPS) is 15.0. The Morgan fingerprint density at radius 1 is 1.36 bits per heavy atom. The molecule has 22 heavy (non-hydrogen) atoms. The molecule has 0 aliphatic heterocycles. The number of sulfonamides is 1. The van der Waals surface area contributed by atoms with E-state index >= 15 is 0 Å². The van der Waals surface area contributed by atoms with Crippen LogP contribution >= 0.6 is 11.8 Å². The summed E-state index contributed by atoms with van der Waals surface area (Å²) in [5.74, 6) is 1.75. The molecule has 1 amide bonds. The summed E-state index contributed by atoms with van der Waals surface area (Å²) in [6.45, 7) is 0.788. The van der Waals surface area contributed by atoms with Crippen molar-refractivity contribution in [3.63, 3.8) is 0 Å². The van der Waals surface area contributed by atoms with Crippen LogP contribution in [0.1, 0.15) is 18.4 Å². The number of carbonyl (C=O) groups is 1. The molecule has 1 saturated carbocycles. The van der Waals surface area contributed by atoms with Crippen molar-refractivity contribution in [2.75, 3.05) is 26.4 Å². The van der Waals surface area contributed by atoms with E-state index in [-0.39, 0.29) is 10.8 Å². The van der Waals surface area contributed by atoms with Crippen molar-refractivity contribution in [1.82, 2.24) is 9.62 Å². The Labute approximate surface area is 136 Å². The molecule has 2 rings (SSSR count). The first-order chi connectivity index (χ1) is 10.4. The summed E-state index contributed by atoms with van der Waals surface area (Å²) in [7, 11) is -0.377. The van der Waals surface area contributed by atoms with Gasteiger partial charge >= 0.3 is 0 Å². The van der Waals surface area contributed by atoms with Crippen LogP contribution in [0.5, 0.6) is 0 Å². The maximum absolute atomic E-state index is 12.1. The lowest BCUT2D eigenvalue weighted by atomic mass is 10.2. The van der Waals surface area contributed by atoms with Crippen molar-refractivity contribution in [3.05, 3.63) is 29.8 Å². The van der Waals surface area contributed by atoms with Crippen LogP contribution in [0.2, 0.25) is 0 Å². The summed E-state index contributed by atoms with van der Waals surface area (Å²) < 4.78 is 25.4. The Balaban J connectivity index is 1.84. The van der Waals surface area contributed by atoms with E-state index in [2.05, 4.69) is 5.32 Å². The largest absolute Gasteiger partial charge is 0.355 e. The molecule has 1 fully saturated rings. The minimum Gasteiger partial charge on any atom is -0.355 e. The van der Waals surface area contributed by atoms with Gasteiger partial charge in [0.25, 0.3) is 0 Å². The number of hydrogen-bond acceptors (Lipinski definition) is 4. The number of carbonyl (C=O) groups excluding carboxylic acids is 1. The van der Waals surface area contributed by atoms with Crippen molar-refractivity contribution < 1.29 is 13.2 Å². The molecule has 1 aliphatic carbocycles. The quantitative estimate of drug-likeness (QED) is 0.781. The first-order valence-corrected chi connectivity index (χ1v) is 9.85. The van der Waals surface area contributed by atoms with E-state index in [1.165, 1.54) is 43.0 Å². The molecule has 0 bridgehead atoms. The summed E-state index contributed by atoms with van der Waals surface area (Å²) in [4.78, 5) is 11.9. The van der Waals surface area contributed by atoms with Gasteiger partial charge in [0.05, 0.1) is 10.6 Å². The molecule has 1 aliphatic rings. The fourth-order valence-corrected chi connectivity index (χ4v) is 3.68. The molecule has 0 radical (unpaired) electrons. The van der Waals surface area contributed by atoms with Crippen LogP contribution in [0.15, 0.2) is 29.2 Å². The maximum atomic E-state index is 12.1. The molecule has 0 atom stereocenters. The van der Waals surface area contributed by atoms with Gasteiger partial charge in [-0.05, 0) is 36.5 Å². The van der Waals surface area contributed by atoms with Crippen molar-refractivity contribution >= 4 is 27.7 Å². The fraction of sp³-hybridized carbons (Fsp3) is 0.533. The predicted molar refractivity (Wildman–Crippen MR) is 89.2 cm³/mol. The van der Waals surface area contributed by atoms with Crippen molar-refractivity contribution in [1.29, 1.82) is 0 Å². The molecular formula is C15H22N2O3S2. The molecule has 5 nitrogen and oxygen atoms in total. The lowest BCUT2D eigenvalue weighted by Crippen LogP contribution is -2.27. The van der Waals surface area contributed by atoms with E-state index in [1.54, 1.807) is 18.2 Å². The van der Waals surface area contributed by atoms with E-state index in [0.717, 1.165) is 12.1 Å². The Morgan fingerprint density at radius 3 is 2.73 bits per heavy atom. The van der Waals surface area contributed by atoms with Gasteiger partial charge in [0.2, 0.25) is 15.9 Å². The third-order valence-electron chi connectivity index (χ3n) is 3.46. The maximum Gasteiger partial charge on any atom is 0.242 e. The lowest BCUT2D eigenvalue weighted by Gasteiger charge is -2.12. The minimum atomic E-state index is -3.41. The zero-order valence-corrected chi connectivity index (χ0v) is 14.5. The standard InChI is InChI=1S/C15H22N2O3S2/c1-17(2)22(19,20)14-5-3-4-13(8-14)10-21-11-15(18)16-9-12-6-7-12/h3-5,8,12H,6-7,9-11H2,1-2H3,(H,16,18). The molecule has 0 aromatic heterocycles.